The zero-order valence-electron chi connectivity index (χ0n) is 9.66. The maximum Gasteiger partial charge on any atom is 0.272 e. The molecule has 1 aromatic heterocycles. The van der Waals surface area contributed by atoms with Crippen molar-refractivity contribution in [3.8, 4) is 0 Å². The minimum Gasteiger partial charge on any atom is -0.338 e. The first-order chi connectivity index (χ1) is 7.22. The van der Waals surface area contributed by atoms with E-state index in [1.165, 1.54) is 0 Å². The Bertz CT molecular complexity index is 332. The van der Waals surface area contributed by atoms with Crippen molar-refractivity contribution in [1.82, 2.24) is 9.88 Å². The van der Waals surface area contributed by atoms with Crippen molar-refractivity contribution in [2.45, 2.75) is 27.2 Å². The summed E-state index contributed by atoms with van der Waals surface area (Å²) in [5, 5.41) is 0. The van der Waals surface area contributed by atoms with Crippen molar-refractivity contribution in [3.05, 3.63) is 29.6 Å². The van der Waals surface area contributed by atoms with Gasteiger partial charge in [-0.25, -0.2) is 4.98 Å². The lowest BCUT2D eigenvalue weighted by atomic mass is 10.2. The molecule has 0 aliphatic heterocycles. The molecule has 1 aromatic rings. The lowest BCUT2D eigenvalue weighted by Crippen LogP contribution is -2.31. The maximum atomic E-state index is 11.9. The molecular weight excluding hydrogens is 188 g/mol. The Kier molecular flexibility index (Phi) is 4.28. The van der Waals surface area contributed by atoms with Crippen molar-refractivity contribution in [3.63, 3.8) is 0 Å². The minimum atomic E-state index is 0.0234. The van der Waals surface area contributed by atoms with Crippen LogP contribution in [0, 0.1) is 0 Å². The Morgan fingerprint density at radius 2 is 1.93 bits per heavy atom. The standard InChI is InChI=1S/C12H18N2O/c1-4-10-8-7-9-11(13-10)12(15)14(5-2)6-3/h7-9H,4-6H2,1-3H3. The number of rotatable bonds is 4. The molecule has 0 aromatic carbocycles. The number of aromatic nitrogens is 1. The Hall–Kier alpha value is -1.38. The second-order valence-electron chi connectivity index (χ2n) is 3.35. The molecule has 0 radical (unpaired) electrons. The Morgan fingerprint density at radius 1 is 1.27 bits per heavy atom. The summed E-state index contributed by atoms with van der Waals surface area (Å²) in [6.45, 7) is 7.45. The Labute approximate surface area is 91.1 Å². The van der Waals surface area contributed by atoms with Gasteiger partial charge in [0.2, 0.25) is 0 Å². The van der Waals surface area contributed by atoms with Gasteiger partial charge in [0.05, 0.1) is 0 Å². The van der Waals surface area contributed by atoms with E-state index in [0.29, 0.717) is 5.69 Å². The number of carbonyl (C=O) groups excluding carboxylic acids is 1. The molecular formula is C12H18N2O. The summed E-state index contributed by atoms with van der Waals surface area (Å²) >= 11 is 0. The lowest BCUT2D eigenvalue weighted by Gasteiger charge is -2.18. The first kappa shape index (κ1) is 11.7. The molecule has 0 unspecified atom stereocenters. The lowest BCUT2D eigenvalue weighted by molar-refractivity contribution is 0.0767. The van der Waals surface area contributed by atoms with Gasteiger partial charge in [0.15, 0.2) is 0 Å². The van der Waals surface area contributed by atoms with Crippen LogP contribution >= 0.6 is 0 Å². The zero-order valence-corrected chi connectivity index (χ0v) is 9.66. The number of carbonyl (C=O) groups is 1. The van der Waals surface area contributed by atoms with Gasteiger partial charge >= 0.3 is 0 Å². The van der Waals surface area contributed by atoms with Gasteiger partial charge in [-0.15, -0.1) is 0 Å². The molecule has 3 nitrogen and oxygen atoms in total. The number of pyridine rings is 1. The van der Waals surface area contributed by atoms with E-state index in [-0.39, 0.29) is 5.91 Å². The highest BCUT2D eigenvalue weighted by Gasteiger charge is 2.13. The van der Waals surface area contributed by atoms with Crippen molar-refractivity contribution >= 4 is 5.91 Å². The van der Waals surface area contributed by atoms with Crippen LogP contribution in [-0.2, 0) is 6.42 Å². The summed E-state index contributed by atoms with van der Waals surface area (Å²) in [6.07, 6.45) is 0.860. The normalized spacial score (nSPS) is 10.1. The van der Waals surface area contributed by atoms with Crippen LogP contribution in [0.3, 0.4) is 0 Å². The molecule has 3 heteroatoms. The Morgan fingerprint density at radius 3 is 2.47 bits per heavy atom. The summed E-state index contributed by atoms with van der Waals surface area (Å²) < 4.78 is 0. The summed E-state index contributed by atoms with van der Waals surface area (Å²) in [4.78, 5) is 18.0. The second kappa shape index (κ2) is 5.49. The van der Waals surface area contributed by atoms with E-state index in [1.54, 1.807) is 11.0 Å². The van der Waals surface area contributed by atoms with Gasteiger partial charge in [-0.1, -0.05) is 13.0 Å². The van der Waals surface area contributed by atoms with E-state index in [2.05, 4.69) is 4.98 Å². The quantitative estimate of drug-likeness (QED) is 0.756. The van der Waals surface area contributed by atoms with Crippen molar-refractivity contribution in [2.75, 3.05) is 13.1 Å². The predicted octanol–water partition coefficient (Wildman–Crippen LogP) is 2.13. The number of aryl methyl sites for hydroxylation is 1. The molecule has 0 aliphatic rings. The smallest absolute Gasteiger partial charge is 0.272 e. The molecule has 0 bridgehead atoms. The SMILES string of the molecule is CCc1cccc(C(=O)N(CC)CC)n1. The third-order valence-electron chi connectivity index (χ3n) is 2.44. The highest BCUT2D eigenvalue weighted by atomic mass is 16.2. The summed E-state index contributed by atoms with van der Waals surface area (Å²) in [7, 11) is 0. The highest BCUT2D eigenvalue weighted by molar-refractivity contribution is 5.92. The minimum absolute atomic E-state index is 0.0234. The predicted molar refractivity (Wildman–Crippen MR) is 60.9 cm³/mol. The van der Waals surface area contributed by atoms with E-state index < -0.39 is 0 Å². The van der Waals surface area contributed by atoms with Crippen molar-refractivity contribution in [1.29, 1.82) is 0 Å². The van der Waals surface area contributed by atoms with Gasteiger partial charge in [-0.3, -0.25) is 4.79 Å². The topological polar surface area (TPSA) is 33.2 Å². The first-order valence-corrected chi connectivity index (χ1v) is 5.48. The zero-order chi connectivity index (χ0) is 11.3. The van der Waals surface area contributed by atoms with Gasteiger partial charge in [-0.2, -0.15) is 0 Å². The van der Waals surface area contributed by atoms with E-state index in [9.17, 15) is 4.79 Å². The summed E-state index contributed by atoms with van der Waals surface area (Å²) in [5.74, 6) is 0.0234. The number of amides is 1. The van der Waals surface area contributed by atoms with Gasteiger partial charge in [0, 0.05) is 18.8 Å². The molecule has 0 N–H and O–H groups in total. The summed E-state index contributed by atoms with van der Waals surface area (Å²) in [5.41, 5.74) is 1.52. The first-order valence-electron chi connectivity index (χ1n) is 5.48. The molecule has 1 amide bonds. The third kappa shape index (κ3) is 2.78. The molecule has 0 aliphatic carbocycles. The van der Waals surface area contributed by atoms with E-state index in [0.717, 1.165) is 25.2 Å². The van der Waals surface area contributed by atoms with Crippen LogP contribution in [0.25, 0.3) is 0 Å². The highest BCUT2D eigenvalue weighted by Crippen LogP contribution is 2.04. The molecule has 1 rings (SSSR count). The Balaban J connectivity index is 2.90. The third-order valence-corrected chi connectivity index (χ3v) is 2.44. The van der Waals surface area contributed by atoms with Crippen LogP contribution < -0.4 is 0 Å². The van der Waals surface area contributed by atoms with E-state index in [1.807, 2.05) is 32.9 Å². The molecule has 0 saturated carbocycles. The van der Waals surface area contributed by atoms with Gasteiger partial charge in [0.1, 0.15) is 5.69 Å². The van der Waals surface area contributed by atoms with Crippen LogP contribution in [-0.4, -0.2) is 28.9 Å². The number of hydrogen-bond acceptors (Lipinski definition) is 2. The average Bonchev–Trinajstić information content (AvgIpc) is 2.30. The van der Waals surface area contributed by atoms with Gasteiger partial charge in [0.25, 0.3) is 5.91 Å². The van der Waals surface area contributed by atoms with Crippen LogP contribution in [0.1, 0.15) is 37.0 Å². The largest absolute Gasteiger partial charge is 0.338 e. The number of nitrogens with zero attached hydrogens (tertiary/aromatic N) is 2. The van der Waals surface area contributed by atoms with Crippen molar-refractivity contribution in [2.24, 2.45) is 0 Å². The second-order valence-corrected chi connectivity index (χ2v) is 3.35. The van der Waals surface area contributed by atoms with Crippen LogP contribution in [0.2, 0.25) is 0 Å². The summed E-state index contributed by atoms with van der Waals surface area (Å²) in [6, 6.07) is 5.61. The van der Waals surface area contributed by atoms with Crippen LogP contribution in [0.4, 0.5) is 0 Å². The van der Waals surface area contributed by atoms with Gasteiger partial charge in [-0.05, 0) is 32.4 Å². The monoisotopic (exact) mass is 206 g/mol. The fraction of sp³-hybridized carbons (Fsp3) is 0.500. The van der Waals surface area contributed by atoms with Crippen LogP contribution in [0.5, 0.6) is 0 Å². The molecule has 0 atom stereocenters. The fourth-order valence-electron chi connectivity index (χ4n) is 1.47. The molecule has 0 spiro atoms. The van der Waals surface area contributed by atoms with Crippen LogP contribution in [0.15, 0.2) is 18.2 Å². The van der Waals surface area contributed by atoms with E-state index in [4.69, 9.17) is 0 Å². The molecule has 0 fully saturated rings. The average molecular weight is 206 g/mol. The fourth-order valence-corrected chi connectivity index (χ4v) is 1.47. The maximum absolute atomic E-state index is 11.9. The van der Waals surface area contributed by atoms with Gasteiger partial charge < -0.3 is 4.90 Å². The number of hydrogen-bond donors (Lipinski definition) is 0. The molecule has 82 valence electrons. The molecule has 1 heterocycles. The molecule has 0 saturated heterocycles. The molecule has 15 heavy (non-hydrogen) atoms. The van der Waals surface area contributed by atoms with Crippen molar-refractivity contribution < 1.29 is 4.79 Å². The van der Waals surface area contributed by atoms with E-state index >= 15 is 0 Å².